The first-order valence-electron chi connectivity index (χ1n) is 8.92. The van der Waals surface area contributed by atoms with E-state index in [0.717, 1.165) is 40.3 Å². The Hall–Kier alpha value is -2.93. The topological polar surface area (TPSA) is 69.0 Å². The van der Waals surface area contributed by atoms with Gasteiger partial charge in [-0.1, -0.05) is 18.2 Å². The number of Topliss-reactive ketones (excluding diaryl/α,β-unsaturated/α-hetero) is 1. The van der Waals surface area contributed by atoms with E-state index in [-0.39, 0.29) is 11.8 Å². The maximum absolute atomic E-state index is 12.7. The molecule has 0 bridgehead atoms. The van der Waals surface area contributed by atoms with Gasteiger partial charge in [0.15, 0.2) is 11.6 Å². The highest BCUT2D eigenvalue weighted by molar-refractivity contribution is 7.10. The second-order valence-electron chi connectivity index (χ2n) is 6.65. The minimum absolute atomic E-state index is 0.200. The van der Waals surface area contributed by atoms with Gasteiger partial charge in [0.25, 0.3) is 0 Å². The fourth-order valence-electron chi connectivity index (χ4n) is 3.75. The Labute approximate surface area is 160 Å². The van der Waals surface area contributed by atoms with Crippen molar-refractivity contribution in [2.75, 3.05) is 12.4 Å². The van der Waals surface area contributed by atoms with E-state index in [2.05, 4.69) is 11.4 Å². The van der Waals surface area contributed by atoms with Crippen molar-refractivity contribution in [3.8, 4) is 17.1 Å². The van der Waals surface area contributed by atoms with Gasteiger partial charge in [0, 0.05) is 28.1 Å². The molecule has 0 spiro atoms. The van der Waals surface area contributed by atoms with Crippen LogP contribution in [-0.4, -0.2) is 27.7 Å². The van der Waals surface area contributed by atoms with Gasteiger partial charge in [-0.2, -0.15) is 4.98 Å². The van der Waals surface area contributed by atoms with Crippen LogP contribution in [0.15, 0.2) is 53.0 Å². The lowest BCUT2D eigenvalue weighted by Crippen LogP contribution is -2.31. The first-order chi connectivity index (χ1) is 13.2. The molecule has 1 aromatic carbocycles. The summed E-state index contributed by atoms with van der Waals surface area (Å²) < 4.78 is 7.17. The van der Waals surface area contributed by atoms with E-state index in [9.17, 15) is 4.79 Å². The molecule has 0 saturated carbocycles. The standard InChI is InChI=1S/C20H18N4O2S/c1-26-13-6-2-5-12(11-13)19-22-20-21-14-7-3-8-15(25)17(14)18(24(20)23-19)16-9-4-10-27-16/h2,4-6,9-11,18H,3,7-8H2,1H3,(H,21,22,23). The van der Waals surface area contributed by atoms with Crippen molar-refractivity contribution in [3.05, 3.63) is 57.9 Å². The molecule has 0 amide bonds. The molecule has 1 N–H and O–H groups in total. The third-order valence-corrected chi connectivity index (χ3v) is 5.93. The summed E-state index contributed by atoms with van der Waals surface area (Å²) in [6, 6.07) is 11.5. The summed E-state index contributed by atoms with van der Waals surface area (Å²) in [6.45, 7) is 0. The molecule has 2 aliphatic rings. The van der Waals surface area contributed by atoms with Gasteiger partial charge < -0.3 is 10.1 Å². The van der Waals surface area contributed by atoms with Gasteiger partial charge in [-0.15, -0.1) is 16.4 Å². The second kappa shape index (κ2) is 6.35. The highest BCUT2D eigenvalue weighted by Gasteiger charge is 2.37. The summed E-state index contributed by atoms with van der Waals surface area (Å²) in [7, 11) is 1.64. The van der Waals surface area contributed by atoms with Crippen LogP contribution in [0.3, 0.4) is 0 Å². The van der Waals surface area contributed by atoms with Crippen LogP contribution in [0, 0.1) is 0 Å². The number of nitrogens with zero attached hydrogens (tertiary/aromatic N) is 3. The normalized spacial score (nSPS) is 18.7. The van der Waals surface area contributed by atoms with Gasteiger partial charge >= 0.3 is 0 Å². The third-order valence-electron chi connectivity index (χ3n) is 5.01. The number of rotatable bonds is 3. The molecule has 2 aromatic heterocycles. The first-order valence-corrected chi connectivity index (χ1v) is 9.80. The van der Waals surface area contributed by atoms with Crippen molar-refractivity contribution < 1.29 is 9.53 Å². The van der Waals surface area contributed by atoms with E-state index in [0.29, 0.717) is 18.2 Å². The number of methoxy groups -OCH3 is 1. The van der Waals surface area contributed by atoms with Crippen molar-refractivity contribution in [1.29, 1.82) is 0 Å². The molecule has 3 heterocycles. The molecule has 6 nitrogen and oxygen atoms in total. The van der Waals surface area contributed by atoms with Crippen molar-refractivity contribution in [2.24, 2.45) is 0 Å². The number of carbonyl (C=O) groups excluding carboxylic acids is 1. The van der Waals surface area contributed by atoms with Gasteiger partial charge in [-0.05, 0) is 36.4 Å². The summed E-state index contributed by atoms with van der Waals surface area (Å²) in [4.78, 5) is 18.5. The number of ketones is 1. The monoisotopic (exact) mass is 378 g/mol. The van der Waals surface area contributed by atoms with E-state index in [1.54, 1.807) is 18.4 Å². The van der Waals surface area contributed by atoms with Crippen molar-refractivity contribution in [3.63, 3.8) is 0 Å². The number of benzene rings is 1. The van der Waals surface area contributed by atoms with Crippen LogP contribution < -0.4 is 10.1 Å². The minimum Gasteiger partial charge on any atom is -0.497 e. The predicted octanol–water partition coefficient (Wildman–Crippen LogP) is 4.04. The summed E-state index contributed by atoms with van der Waals surface area (Å²) in [5.41, 5.74) is 2.70. The molecule has 1 aliphatic heterocycles. The number of thiophene rings is 1. The number of fused-ring (bicyclic) bond motifs is 1. The van der Waals surface area contributed by atoms with Gasteiger partial charge in [0.2, 0.25) is 5.95 Å². The Bertz CT molecular complexity index is 1050. The average molecular weight is 378 g/mol. The summed E-state index contributed by atoms with van der Waals surface area (Å²) in [5.74, 6) is 2.26. The Morgan fingerprint density at radius 3 is 3.00 bits per heavy atom. The molecule has 1 aliphatic carbocycles. The van der Waals surface area contributed by atoms with Crippen LogP contribution in [0.25, 0.3) is 11.4 Å². The molecule has 3 aromatic rings. The van der Waals surface area contributed by atoms with Crippen LogP contribution in [0.5, 0.6) is 5.75 Å². The third kappa shape index (κ3) is 2.66. The molecule has 5 rings (SSSR count). The first kappa shape index (κ1) is 16.3. The lowest BCUT2D eigenvalue weighted by atomic mass is 9.88. The second-order valence-corrected chi connectivity index (χ2v) is 7.63. The van der Waals surface area contributed by atoms with Crippen LogP contribution in [0.1, 0.15) is 30.2 Å². The molecule has 7 heteroatoms. The van der Waals surface area contributed by atoms with Crippen LogP contribution >= 0.6 is 11.3 Å². The smallest absolute Gasteiger partial charge is 0.226 e. The van der Waals surface area contributed by atoms with E-state index in [1.807, 2.05) is 40.4 Å². The number of allylic oxidation sites excluding steroid dienone is 2. The molecule has 136 valence electrons. The number of anilines is 1. The Kier molecular flexibility index (Phi) is 3.82. The van der Waals surface area contributed by atoms with Crippen molar-refractivity contribution >= 4 is 23.1 Å². The van der Waals surface area contributed by atoms with Crippen molar-refractivity contribution in [2.45, 2.75) is 25.3 Å². The zero-order valence-corrected chi connectivity index (χ0v) is 15.6. The zero-order chi connectivity index (χ0) is 18.4. The maximum atomic E-state index is 12.7. The van der Waals surface area contributed by atoms with E-state index < -0.39 is 0 Å². The molecule has 0 saturated heterocycles. The van der Waals surface area contributed by atoms with E-state index in [4.69, 9.17) is 14.8 Å². The molecular formula is C20H18N4O2S. The van der Waals surface area contributed by atoms with Crippen LogP contribution in [0.2, 0.25) is 0 Å². The van der Waals surface area contributed by atoms with Gasteiger partial charge in [0.1, 0.15) is 11.8 Å². The molecular weight excluding hydrogens is 360 g/mol. The number of nitrogens with one attached hydrogen (secondary N) is 1. The lowest BCUT2D eigenvalue weighted by molar-refractivity contribution is -0.116. The Morgan fingerprint density at radius 2 is 2.19 bits per heavy atom. The fraction of sp³-hybridized carbons (Fsp3) is 0.250. The minimum atomic E-state index is -0.212. The Morgan fingerprint density at radius 1 is 1.26 bits per heavy atom. The van der Waals surface area contributed by atoms with Crippen LogP contribution in [-0.2, 0) is 4.79 Å². The lowest BCUT2D eigenvalue weighted by Gasteiger charge is -2.31. The molecule has 1 unspecified atom stereocenters. The Balaban J connectivity index is 1.65. The number of hydrogen-bond donors (Lipinski definition) is 1. The van der Waals surface area contributed by atoms with Crippen molar-refractivity contribution in [1.82, 2.24) is 14.8 Å². The SMILES string of the molecule is COc1cccc(-c2nc3n(n2)C(c2cccs2)C2=C(CCCC2=O)N3)c1. The van der Waals surface area contributed by atoms with Gasteiger partial charge in [-0.25, -0.2) is 4.68 Å². The summed E-state index contributed by atoms with van der Waals surface area (Å²) >= 11 is 1.64. The maximum Gasteiger partial charge on any atom is 0.226 e. The number of ether oxygens (including phenoxy) is 1. The number of carbonyl (C=O) groups is 1. The van der Waals surface area contributed by atoms with Gasteiger partial charge in [-0.3, -0.25) is 4.79 Å². The summed E-state index contributed by atoms with van der Waals surface area (Å²) in [5, 5.41) is 10.2. The number of aromatic nitrogens is 3. The molecule has 0 radical (unpaired) electrons. The fourth-order valence-corrected chi connectivity index (χ4v) is 4.57. The van der Waals surface area contributed by atoms with Gasteiger partial charge in [0.05, 0.1) is 7.11 Å². The molecule has 27 heavy (non-hydrogen) atoms. The summed E-state index contributed by atoms with van der Waals surface area (Å²) in [6.07, 6.45) is 2.33. The average Bonchev–Trinajstić information content (AvgIpc) is 3.36. The molecule has 0 fully saturated rings. The predicted molar refractivity (Wildman–Crippen MR) is 104 cm³/mol. The molecule has 1 atom stereocenters. The quantitative estimate of drug-likeness (QED) is 0.745. The highest BCUT2D eigenvalue weighted by atomic mass is 32.1. The van der Waals surface area contributed by atoms with Crippen LogP contribution in [0.4, 0.5) is 5.95 Å². The largest absolute Gasteiger partial charge is 0.497 e. The number of hydrogen-bond acceptors (Lipinski definition) is 6. The highest BCUT2D eigenvalue weighted by Crippen LogP contribution is 2.41. The zero-order valence-electron chi connectivity index (χ0n) is 14.8. The van der Waals surface area contributed by atoms with E-state index in [1.165, 1.54) is 0 Å². The van der Waals surface area contributed by atoms with E-state index >= 15 is 0 Å².